The Bertz CT molecular complexity index is 496. The molecule has 2 atom stereocenters. The predicted octanol–water partition coefficient (Wildman–Crippen LogP) is 1.42. The van der Waals surface area contributed by atoms with Crippen LogP contribution in [0.4, 0.5) is 0 Å². The summed E-state index contributed by atoms with van der Waals surface area (Å²) >= 11 is 0. The summed E-state index contributed by atoms with van der Waals surface area (Å²) in [6, 6.07) is 7.68. The number of benzene rings is 1. The largest absolute Gasteiger partial charge is 0.333 e. The number of nitrogens with zero attached hydrogens (tertiary/aromatic N) is 1. The molecule has 0 radical (unpaired) electrons. The van der Waals surface area contributed by atoms with Gasteiger partial charge < -0.3 is 10.2 Å². The van der Waals surface area contributed by atoms with E-state index >= 15 is 0 Å². The summed E-state index contributed by atoms with van der Waals surface area (Å²) < 4.78 is 11.3. The van der Waals surface area contributed by atoms with E-state index in [1.165, 1.54) is 0 Å². The number of rotatable bonds is 3. The van der Waals surface area contributed by atoms with E-state index in [0.29, 0.717) is 11.3 Å². The third-order valence-electron chi connectivity index (χ3n) is 3.31. The molecule has 1 amide bonds. The van der Waals surface area contributed by atoms with Gasteiger partial charge in [0.15, 0.2) is 0 Å². The number of hydrogen-bond donors (Lipinski definition) is 1. The molecule has 0 spiro atoms. The number of hydrogen-bond acceptors (Lipinski definition) is 3. The lowest BCUT2D eigenvalue weighted by molar-refractivity contribution is 0.0655. The number of carbonyl (C=O) groups is 1. The van der Waals surface area contributed by atoms with Gasteiger partial charge in [0.2, 0.25) is 0 Å². The Kier molecular flexibility index (Phi) is 6.65. The van der Waals surface area contributed by atoms with E-state index in [2.05, 4.69) is 12.2 Å². The van der Waals surface area contributed by atoms with E-state index < -0.39 is 10.8 Å². The van der Waals surface area contributed by atoms with Crippen molar-refractivity contribution in [1.29, 1.82) is 0 Å². The first kappa shape index (κ1) is 17.1. The molecule has 2 rings (SSSR count). The Morgan fingerprint density at radius 2 is 2.25 bits per heavy atom. The maximum atomic E-state index is 12.5. The third-order valence-corrected chi connectivity index (χ3v) is 4.05. The third kappa shape index (κ3) is 4.30. The van der Waals surface area contributed by atoms with Gasteiger partial charge in [-0.25, -0.2) is 0 Å². The highest BCUT2D eigenvalue weighted by Crippen LogP contribution is 2.13. The van der Waals surface area contributed by atoms with Crippen LogP contribution < -0.4 is 5.32 Å². The fraction of sp³-hybridized carbons (Fsp3) is 0.500. The lowest BCUT2D eigenvalue weighted by Crippen LogP contribution is -2.52. The second kappa shape index (κ2) is 7.76. The van der Waals surface area contributed by atoms with Crippen molar-refractivity contribution < 1.29 is 9.00 Å². The van der Waals surface area contributed by atoms with E-state index in [0.717, 1.165) is 25.2 Å². The van der Waals surface area contributed by atoms with Gasteiger partial charge in [-0.05, 0) is 24.6 Å². The van der Waals surface area contributed by atoms with Crippen LogP contribution in [-0.4, -0.2) is 46.9 Å². The van der Waals surface area contributed by atoms with Crippen LogP contribution in [0.2, 0.25) is 0 Å². The Morgan fingerprint density at radius 1 is 1.50 bits per heavy atom. The molecule has 2 unspecified atom stereocenters. The van der Waals surface area contributed by atoms with Crippen molar-refractivity contribution in [2.24, 2.45) is 0 Å². The van der Waals surface area contributed by atoms with Crippen molar-refractivity contribution in [3.05, 3.63) is 35.4 Å². The molecule has 1 heterocycles. The zero-order valence-corrected chi connectivity index (χ0v) is 13.4. The molecule has 112 valence electrons. The maximum absolute atomic E-state index is 12.5. The molecule has 1 N–H and O–H groups in total. The van der Waals surface area contributed by atoms with E-state index in [9.17, 15) is 9.00 Å². The number of halogens is 1. The summed E-state index contributed by atoms with van der Waals surface area (Å²) in [5.41, 5.74) is 1.64. The van der Waals surface area contributed by atoms with Gasteiger partial charge in [0.1, 0.15) is 0 Å². The SMILES string of the molecule is CC1CNCCN1C(=O)c1cccc(CS(C)=O)c1.Cl. The molecule has 1 aliphatic rings. The molecule has 1 aromatic rings. The van der Waals surface area contributed by atoms with Crippen LogP contribution in [0.3, 0.4) is 0 Å². The molecule has 1 fully saturated rings. The molecule has 0 aromatic heterocycles. The second-order valence-corrected chi connectivity index (χ2v) is 6.40. The molecule has 1 aliphatic heterocycles. The first-order valence-electron chi connectivity index (χ1n) is 6.48. The molecule has 1 aromatic carbocycles. The minimum Gasteiger partial charge on any atom is -0.333 e. The van der Waals surface area contributed by atoms with E-state index in [1.54, 1.807) is 6.26 Å². The minimum absolute atomic E-state index is 0. The molecule has 20 heavy (non-hydrogen) atoms. The summed E-state index contributed by atoms with van der Waals surface area (Å²) in [5, 5.41) is 3.27. The highest BCUT2D eigenvalue weighted by atomic mass is 35.5. The van der Waals surface area contributed by atoms with Crippen molar-refractivity contribution >= 4 is 29.1 Å². The van der Waals surface area contributed by atoms with Crippen LogP contribution in [-0.2, 0) is 16.6 Å². The smallest absolute Gasteiger partial charge is 0.254 e. The average molecular weight is 317 g/mol. The van der Waals surface area contributed by atoms with Crippen LogP contribution in [0.15, 0.2) is 24.3 Å². The molecular formula is C14H21ClN2O2S. The van der Waals surface area contributed by atoms with Gasteiger partial charge in [-0.1, -0.05) is 12.1 Å². The van der Waals surface area contributed by atoms with Crippen molar-refractivity contribution in [3.8, 4) is 0 Å². The monoisotopic (exact) mass is 316 g/mol. The Labute approximate surface area is 128 Å². The normalized spacial score (nSPS) is 20.1. The first-order valence-corrected chi connectivity index (χ1v) is 8.21. The summed E-state index contributed by atoms with van der Waals surface area (Å²) in [6.45, 7) is 4.47. The number of nitrogens with one attached hydrogen (secondary N) is 1. The summed E-state index contributed by atoms with van der Waals surface area (Å²) in [7, 11) is -0.885. The molecule has 0 bridgehead atoms. The van der Waals surface area contributed by atoms with Crippen LogP contribution in [0.1, 0.15) is 22.8 Å². The number of piperazine rings is 1. The van der Waals surface area contributed by atoms with Gasteiger partial charge in [-0.2, -0.15) is 0 Å². The number of amides is 1. The van der Waals surface area contributed by atoms with Gasteiger partial charge in [0, 0.05) is 54.0 Å². The first-order chi connectivity index (χ1) is 9.08. The van der Waals surface area contributed by atoms with Crippen LogP contribution in [0.25, 0.3) is 0 Å². The van der Waals surface area contributed by atoms with Gasteiger partial charge in [-0.3, -0.25) is 9.00 Å². The second-order valence-electron chi connectivity index (χ2n) is 4.97. The lowest BCUT2D eigenvalue weighted by atomic mass is 10.1. The lowest BCUT2D eigenvalue weighted by Gasteiger charge is -2.34. The number of carbonyl (C=O) groups excluding carboxylic acids is 1. The Balaban J connectivity index is 0.00000200. The molecule has 1 saturated heterocycles. The summed E-state index contributed by atoms with van der Waals surface area (Å²) in [5.74, 6) is 0.566. The van der Waals surface area contributed by atoms with Gasteiger partial charge in [0.25, 0.3) is 5.91 Å². The highest BCUT2D eigenvalue weighted by Gasteiger charge is 2.23. The fourth-order valence-electron chi connectivity index (χ4n) is 2.34. The molecule has 6 heteroatoms. The van der Waals surface area contributed by atoms with Crippen molar-refractivity contribution in [1.82, 2.24) is 10.2 Å². The van der Waals surface area contributed by atoms with E-state index in [1.807, 2.05) is 29.2 Å². The standard InChI is InChI=1S/C14H20N2O2S.ClH/c1-11-9-15-6-7-16(11)14(17)13-5-3-4-12(8-13)10-19(2)18;/h3-5,8,11,15H,6-7,9-10H2,1-2H3;1H. The average Bonchev–Trinajstić information content (AvgIpc) is 2.38. The van der Waals surface area contributed by atoms with E-state index in [-0.39, 0.29) is 24.4 Å². The van der Waals surface area contributed by atoms with E-state index in [4.69, 9.17) is 0 Å². The predicted molar refractivity (Wildman–Crippen MR) is 84.8 cm³/mol. The zero-order chi connectivity index (χ0) is 13.8. The summed E-state index contributed by atoms with van der Waals surface area (Å²) in [4.78, 5) is 14.4. The summed E-state index contributed by atoms with van der Waals surface area (Å²) in [6.07, 6.45) is 1.67. The van der Waals surface area contributed by atoms with Gasteiger partial charge in [-0.15, -0.1) is 12.4 Å². The van der Waals surface area contributed by atoms with Crippen molar-refractivity contribution in [2.45, 2.75) is 18.7 Å². The van der Waals surface area contributed by atoms with Crippen molar-refractivity contribution in [2.75, 3.05) is 25.9 Å². The zero-order valence-electron chi connectivity index (χ0n) is 11.8. The highest BCUT2D eigenvalue weighted by molar-refractivity contribution is 7.83. The molecular weight excluding hydrogens is 296 g/mol. The topological polar surface area (TPSA) is 49.4 Å². The van der Waals surface area contributed by atoms with Crippen LogP contribution in [0.5, 0.6) is 0 Å². The Morgan fingerprint density at radius 3 is 2.90 bits per heavy atom. The molecule has 0 aliphatic carbocycles. The maximum Gasteiger partial charge on any atom is 0.254 e. The fourth-order valence-corrected chi connectivity index (χ4v) is 2.99. The van der Waals surface area contributed by atoms with Gasteiger partial charge >= 0.3 is 0 Å². The van der Waals surface area contributed by atoms with Gasteiger partial charge in [0.05, 0.1) is 0 Å². The molecule has 4 nitrogen and oxygen atoms in total. The van der Waals surface area contributed by atoms with Crippen LogP contribution >= 0.6 is 12.4 Å². The van der Waals surface area contributed by atoms with Crippen molar-refractivity contribution in [3.63, 3.8) is 0 Å². The quantitative estimate of drug-likeness (QED) is 0.917. The molecule has 0 saturated carbocycles. The minimum atomic E-state index is -0.885. The van der Waals surface area contributed by atoms with Crippen LogP contribution in [0, 0.1) is 0 Å². The Hall–Kier alpha value is -0.910.